The summed E-state index contributed by atoms with van der Waals surface area (Å²) in [6.07, 6.45) is 1.93. The lowest BCUT2D eigenvalue weighted by Gasteiger charge is -2.11. The molecule has 6 nitrogen and oxygen atoms in total. The molecule has 0 saturated carbocycles. The van der Waals surface area contributed by atoms with E-state index in [9.17, 15) is 4.79 Å². The number of carbonyl (C=O) groups is 1. The first-order chi connectivity index (χ1) is 16.5. The second-order valence-corrected chi connectivity index (χ2v) is 9.40. The second kappa shape index (κ2) is 9.37. The average molecular weight is 488 g/mol. The molecule has 5 aromatic rings. The van der Waals surface area contributed by atoms with Crippen LogP contribution in [0.25, 0.3) is 28.0 Å². The van der Waals surface area contributed by atoms with E-state index in [2.05, 4.69) is 20.5 Å². The Labute approximate surface area is 206 Å². The Morgan fingerprint density at radius 1 is 1.06 bits per heavy atom. The summed E-state index contributed by atoms with van der Waals surface area (Å²) in [6, 6.07) is 21.6. The summed E-state index contributed by atoms with van der Waals surface area (Å²) in [7, 11) is 0. The molecule has 0 unspecified atom stereocenters. The van der Waals surface area contributed by atoms with E-state index in [1.54, 1.807) is 0 Å². The number of hydrogen-bond acceptors (Lipinski definition) is 4. The molecule has 0 radical (unpaired) electrons. The largest absolute Gasteiger partial charge is 0.360 e. The number of para-hydroxylation sites is 1. The molecule has 0 atom stereocenters. The minimum Gasteiger partial charge on any atom is -0.360 e. The summed E-state index contributed by atoms with van der Waals surface area (Å²) >= 11 is 7.47. The van der Waals surface area contributed by atoms with Crippen LogP contribution in [0.5, 0.6) is 0 Å². The molecule has 0 saturated heterocycles. The van der Waals surface area contributed by atoms with Crippen LogP contribution in [0, 0.1) is 13.8 Å². The zero-order chi connectivity index (χ0) is 23.7. The van der Waals surface area contributed by atoms with Crippen molar-refractivity contribution in [2.24, 2.45) is 0 Å². The second-order valence-electron chi connectivity index (χ2n) is 8.02. The van der Waals surface area contributed by atoms with Gasteiger partial charge in [-0.1, -0.05) is 53.7 Å². The van der Waals surface area contributed by atoms with Gasteiger partial charge in [0.25, 0.3) is 0 Å². The number of fused-ring (bicyclic) bond motifs is 1. The molecule has 1 amide bonds. The molecule has 0 aliphatic rings. The van der Waals surface area contributed by atoms with Gasteiger partial charge in [-0.3, -0.25) is 9.36 Å². The number of hydrogen-bond donors (Lipinski definition) is 2. The molecule has 0 bridgehead atoms. The van der Waals surface area contributed by atoms with Crippen molar-refractivity contribution in [2.45, 2.75) is 19.0 Å². The maximum Gasteiger partial charge on any atom is 0.234 e. The number of nitrogens with one attached hydrogen (secondary N) is 2. The van der Waals surface area contributed by atoms with E-state index >= 15 is 0 Å². The topological polar surface area (TPSA) is 75.6 Å². The Bertz CT molecular complexity index is 1490. The van der Waals surface area contributed by atoms with Crippen molar-refractivity contribution in [1.29, 1.82) is 0 Å². The number of halogens is 1. The Balaban J connectivity index is 1.47. The molecule has 170 valence electrons. The highest BCUT2D eigenvalue weighted by Gasteiger charge is 2.20. The fraction of sp³-hybridized carbons (Fsp3) is 0.115. The van der Waals surface area contributed by atoms with E-state index in [1.807, 2.05) is 91.3 Å². The van der Waals surface area contributed by atoms with Crippen molar-refractivity contribution in [1.82, 2.24) is 19.7 Å². The van der Waals surface area contributed by atoms with E-state index in [4.69, 9.17) is 11.6 Å². The molecule has 3 aromatic carbocycles. The van der Waals surface area contributed by atoms with Gasteiger partial charge < -0.3 is 10.3 Å². The van der Waals surface area contributed by atoms with E-state index in [1.165, 1.54) is 11.8 Å². The molecule has 5 rings (SSSR count). The van der Waals surface area contributed by atoms with Crippen LogP contribution in [0.4, 0.5) is 5.69 Å². The maximum absolute atomic E-state index is 12.7. The van der Waals surface area contributed by atoms with Crippen molar-refractivity contribution < 1.29 is 4.79 Å². The Morgan fingerprint density at radius 2 is 1.85 bits per heavy atom. The third-order valence-corrected chi connectivity index (χ3v) is 6.73. The Morgan fingerprint density at radius 3 is 2.68 bits per heavy atom. The fourth-order valence-corrected chi connectivity index (χ4v) is 4.68. The van der Waals surface area contributed by atoms with E-state index in [0.717, 1.165) is 39.0 Å². The lowest BCUT2D eigenvalue weighted by atomic mass is 10.1. The smallest absolute Gasteiger partial charge is 0.234 e. The molecule has 0 aliphatic heterocycles. The zero-order valence-electron chi connectivity index (χ0n) is 18.7. The first-order valence-corrected chi connectivity index (χ1v) is 12.1. The van der Waals surface area contributed by atoms with Crippen LogP contribution in [-0.4, -0.2) is 31.4 Å². The quantitative estimate of drug-likeness (QED) is 0.271. The third-order valence-electron chi connectivity index (χ3n) is 5.55. The summed E-state index contributed by atoms with van der Waals surface area (Å²) in [6.45, 7) is 3.98. The van der Waals surface area contributed by atoms with Crippen molar-refractivity contribution >= 4 is 45.9 Å². The average Bonchev–Trinajstić information content (AvgIpc) is 3.44. The molecule has 2 aromatic heterocycles. The standard InChI is InChI=1S/C26H22ClN5OS/c1-16-7-8-17(2)23(13-16)29-24(33)15-34-26-31-30-25(32(26)19-11-9-18(27)10-12-19)21-14-28-22-6-4-3-5-20(21)22/h3-14,28H,15H2,1-2H3,(H,29,33). The molecular weight excluding hydrogens is 466 g/mol. The van der Waals surface area contributed by atoms with E-state index in [0.29, 0.717) is 16.0 Å². The number of carbonyl (C=O) groups excluding carboxylic acids is 1. The molecule has 2 heterocycles. The fourth-order valence-electron chi connectivity index (χ4n) is 3.80. The van der Waals surface area contributed by atoms with Crippen molar-refractivity contribution in [3.8, 4) is 17.1 Å². The van der Waals surface area contributed by atoms with Crippen LogP contribution >= 0.6 is 23.4 Å². The molecule has 34 heavy (non-hydrogen) atoms. The van der Waals surface area contributed by atoms with Gasteiger partial charge in [0.2, 0.25) is 5.91 Å². The summed E-state index contributed by atoms with van der Waals surface area (Å²) in [5.41, 5.74) is 5.76. The third kappa shape index (κ3) is 4.44. The van der Waals surface area contributed by atoms with Crippen LogP contribution < -0.4 is 5.32 Å². The maximum atomic E-state index is 12.7. The van der Waals surface area contributed by atoms with Gasteiger partial charge in [0.05, 0.1) is 5.75 Å². The Kier molecular flexibility index (Phi) is 6.13. The number of aryl methyl sites for hydroxylation is 2. The first-order valence-electron chi connectivity index (χ1n) is 10.8. The van der Waals surface area contributed by atoms with Gasteiger partial charge in [0.1, 0.15) is 0 Å². The molecule has 0 fully saturated rings. The van der Waals surface area contributed by atoms with Crippen LogP contribution in [-0.2, 0) is 4.79 Å². The number of anilines is 1. The predicted molar refractivity (Wildman–Crippen MR) is 139 cm³/mol. The van der Waals surface area contributed by atoms with Crippen molar-refractivity contribution in [3.05, 3.63) is 89.1 Å². The summed E-state index contributed by atoms with van der Waals surface area (Å²) in [4.78, 5) is 16.0. The number of benzene rings is 3. The van der Waals surface area contributed by atoms with Crippen LogP contribution in [0.1, 0.15) is 11.1 Å². The van der Waals surface area contributed by atoms with Gasteiger partial charge >= 0.3 is 0 Å². The zero-order valence-corrected chi connectivity index (χ0v) is 20.2. The number of amides is 1. The molecular formula is C26H22ClN5OS. The number of H-pyrrole nitrogens is 1. The number of nitrogens with zero attached hydrogens (tertiary/aromatic N) is 3. The Hall–Kier alpha value is -3.55. The SMILES string of the molecule is Cc1ccc(C)c(NC(=O)CSc2nnc(-c3c[nH]c4ccccc34)n2-c2ccc(Cl)cc2)c1. The van der Waals surface area contributed by atoms with Gasteiger partial charge in [-0.25, -0.2) is 0 Å². The number of rotatable bonds is 6. The lowest BCUT2D eigenvalue weighted by Crippen LogP contribution is -2.15. The highest BCUT2D eigenvalue weighted by Crippen LogP contribution is 2.32. The predicted octanol–water partition coefficient (Wildman–Crippen LogP) is 6.42. The highest BCUT2D eigenvalue weighted by molar-refractivity contribution is 7.99. The monoisotopic (exact) mass is 487 g/mol. The molecule has 0 spiro atoms. The minimum absolute atomic E-state index is 0.0991. The summed E-state index contributed by atoms with van der Waals surface area (Å²) in [5, 5.41) is 14.3. The van der Waals surface area contributed by atoms with Crippen LogP contribution in [0.15, 0.2) is 78.1 Å². The van der Waals surface area contributed by atoms with E-state index in [-0.39, 0.29) is 11.7 Å². The van der Waals surface area contributed by atoms with Crippen molar-refractivity contribution in [2.75, 3.05) is 11.1 Å². The lowest BCUT2D eigenvalue weighted by molar-refractivity contribution is -0.113. The normalized spacial score (nSPS) is 11.1. The molecule has 8 heteroatoms. The van der Waals surface area contributed by atoms with E-state index < -0.39 is 0 Å². The van der Waals surface area contributed by atoms with Crippen LogP contribution in [0.2, 0.25) is 5.02 Å². The molecule has 2 N–H and O–H groups in total. The van der Waals surface area contributed by atoms with Gasteiger partial charge in [0.15, 0.2) is 11.0 Å². The van der Waals surface area contributed by atoms with Crippen LogP contribution in [0.3, 0.4) is 0 Å². The summed E-state index contributed by atoms with van der Waals surface area (Å²) in [5.74, 6) is 0.794. The van der Waals surface area contributed by atoms with Gasteiger partial charge in [-0.15, -0.1) is 10.2 Å². The van der Waals surface area contributed by atoms with Crippen molar-refractivity contribution in [3.63, 3.8) is 0 Å². The van der Waals surface area contributed by atoms with Gasteiger partial charge in [0, 0.05) is 39.1 Å². The molecule has 0 aliphatic carbocycles. The first kappa shape index (κ1) is 22.3. The minimum atomic E-state index is -0.0991. The highest BCUT2D eigenvalue weighted by atomic mass is 35.5. The number of aromatic amines is 1. The summed E-state index contributed by atoms with van der Waals surface area (Å²) < 4.78 is 1.96. The van der Waals surface area contributed by atoms with Gasteiger partial charge in [-0.05, 0) is 61.4 Å². The van der Waals surface area contributed by atoms with Gasteiger partial charge in [-0.2, -0.15) is 0 Å². The number of aromatic nitrogens is 4. The number of thioether (sulfide) groups is 1.